The van der Waals surface area contributed by atoms with Crippen LogP contribution >= 0.6 is 11.3 Å². The number of benzene rings is 1. The molecule has 0 spiro atoms. The van der Waals surface area contributed by atoms with Crippen molar-refractivity contribution in [2.45, 2.75) is 26.4 Å². The van der Waals surface area contributed by atoms with Crippen LogP contribution in [-0.2, 0) is 0 Å². The van der Waals surface area contributed by atoms with E-state index in [2.05, 4.69) is 38.3 Å². The highest BCUT2D eigenvalue weighted by atomic mass is 32.1. The van der Waals surface area contributed by atoms with E-state index in [4.69, 9.17) is 10.1 Å². The average molecular weight is 439 g/mol. The molecule has 2 heterocycles. The van der Waals surface area contributed by atoms with E-state index >= 15 is 0 Å². The second kappa shape index (κ2) is 10.4. The summed E-state index contributed by atoms with van der Waals surface area (Å²) in [5.74, 6) is 1.31. The molecule has 1 aliphatic rings. The highest BCUT2D eigenvalue weighted by molar-refractivity contribution is 7.10. The maximum Gasteiger partial charge on any atom is 0.176 e. The van der Waals surface area contributed by atoms with Crippen LogP contribution in [-0.4, -0.2) is 49.8 Å². The Hall–Kier alpha value is -2.97. The number of allylic oxidation sites excluding steroid dienone is 1. The highest BCUT2D eigenvalue weighted by Gasteiger charge is 2.24. The number of hydrogen-bond donors (Lipinski definition) is 3. The second-order valence-corrected chi connectivity index (χ2v) is 8.49. The Balaban J connectivity index is 1.88. The van der Waals surface area contributed by atoms with Gasteiger partial charge in [-0.3, -0.25) is 5.41 Å². The van der Waals surface area contributed by atoms with Crippen molar-refractivity contribution in [3.63, 3.8) is 0 Å². The molecule has 3 N–H and O–H groups in total. The van der Waals surface area contributed by atoms with Crippen molar-refractivity contribution >= 4 is 34.3 Å². The van der Waals surface area contributed by atoms with Crippen LogP contribution in [0.3, 0.4) is 0 Å². The molecule has 164 valence electrons. The second-order valence-electron chi connectivity index (χ2n) is 7.51. The SMILES string of the molecule is CNCCC(Oc1ccccc1N/C(C)=C1\C(=N)C(N(C)C)=NN=C1C)c1cccs1. The fourth-order valence-electron chi connectivity index (χ4n) is 3.39. The minimum absolute atomic E-state index is 0.0351. The molecular formula is C23H30N6OS. The quantitative estimate of drug-likeness (QED) is 0.565. The van der Waals surface area contributed by atoms with E-state index < -0.39 is 0 Å². The average Bonchev–Trinajstić information content (AvgIpc) is 3.27. The summed E-state index contributed by atoms with van der Waals surface area (Å²) in [6.07, 6.45) is 0.830. The number of nitrogens with one attached hydrogen (secondary N) is 3. The molecule has 1 aliphatic heterocycles. The molecule has 0 amide bonds. The molecule has 0 saturated carbocycles. The molecule has 0 saturated heterocycles. The van der Waals surface area contributed by atoms with E-state index in [1.165, 1.54) is 4.88 Å². The molecule has 1 aromatic heterocycles. The first-order chi connectivity index (χ1) is 14.9. The van der Waals surface area contributed by atoms with Crippen molar-refractivity contribution in [2.75, 3.05) is 33.0 Å². The van der Waals surface area contributed by atoms with E-state index in [-0.39, 0.29) is 6.10 Å². The third-order valence-electron chi connectivity index (χ3n) is 4.92. The minimum Gasteiger partial charge on any atom is -0.483 e. The fourth-order valence-corrected chi connectivity index (χ4v) is 4.18. The smallest absolute Gasteiger partial charge is 0.176 e. The predicted octanol–water partition coefficient (Wildman–Crippen LogP) is 4.53. The molecule has 0 radical (unpaired) electrons. The number of hydrogen-bond acceptors (Lipinski definition) is 8. The van der Waals surface area contributed by atoms with Gasteiger partial charge in [0.1, 0.15) is 17.6 Å². The van der Waals surface area contributed by atoms with Crippen LogP contribution in [0.15, 0.2) is 63.3 Å². The number of para-hydroxylation sites is 2. The van der Waals surface area contributed by atoms with Gasteiger partial charge in [0.25, 0.3) is 0 Å². The number of rotatable bonds is 8. The molecule has 1 atom stereocenters. The molecule has 8 heteroatoms. The van der Waals surface area contributed by atoms with Gasteiger partial charge in [-0.15, -0.1) is 16.4 Å². The Labute approximate surface area is 188 Å². The van der Waals surface area contributed by atoms with Gasteiger partial charge in [-0.05, 0) is 51.0 Å². The van der Waals surface area contributed by atoms with Crippen molar-refractivity contribution in [1.29, 1.82) is 5.41 Å². The van der Waals surface area contributed by atoms with Crippen molar-refractivity contribution < 1.29 is 4.74 Å². The first-order valence-corrected chi connectivity index (χ1v) is 11.1. The number of anilines is 1. The van der Waals surface area contributed by atoms with Gasteiger partial charge >= 0.3 is 0 Å². The highest BCUT2D eigenvalue weighted by Crippen LogP contribution is 2.33. The van der Waals surface area contributed by atoms with Crippen molar-refractivity contribution in [1.82, 2.24) is 10.2 Å². The van der Waals surface area contributed by atoms with Crippen LogP contribution in [0.25, 0.3) is 0 Å². The van der Waals surface area contributed by atoms with Gasteiger partial charge in [0.2, 0.25) is 0 Å². The van der Waals surface area contributed by atoms with E-state index in [1.54, 1.807) is 16.2 Å². The molecule has 3 rings (SSSR count). The van der Waals surface area contributed by atoms with Gasteiger partial charge < -0.3 is 20.3 Å². The van der Waals surface area contributed by atoms with Gasteiger partial charge in [0.05, 0.1) is 11.4 Å². The maximum absolute atomic E-state index is 8.61. The lowest BCUT2D eigenvalue weighted by Gasteiger charge is -2.24. The van der Waals surface area contributed by atoms with Gasteiger partial charge in [-0.1, -0.05) is 18.2 Å². The lowest BCUT2D eigenvalue weighted by atomic mass is 10.0. The summed E-state index contributed by atoms with van der Waals surface area (Å²) in [6.45, 7) is 4.69. The van der Waals surface area contributed by atoms with Gasteiger partial charge in [-0.25, -0.2) is 0 Å². The van der Waals surface area contributed by atoms with Crippen LogP contribution in [0.4, 0.5) is 5.69 Å². The minimum atomic E-state index is -0.0351. The van der Waals surface area contributed by atoms with Crippen LogP contribution in [0, 0.1) is 5.41 Å². The summed E-state index contributed by atoms with van der Waals surface area (Å²) in [5, 5.41) is 25.8. The molecule has 2 aromatic rings. The standard InChI is InChI=1S/C23H30N6OS/c1-15(21-16(2)27-28-23(22(21)24)29(4)5)26-17-9-6-7-10-18(17)30-19(12-13-25-3)20-11-8-14-31-20/h6-11,14,19,24-26H,12-13H2,1-5H3/b21-15-,24-22?. The number of amidine groups is 1. The lowest BCUT2D eigenvalue weighted by Crippen LogP contribution is -2.35. The van der Waals surface area contributed by atoms with E-state index in [0.29, 0.717) is 17.3 Å². The number of ether oxygens (including phenoxy) is 1. The zero-order valence-corrected chi connectivity index (χ0v) is 19.5. The van der Waals surface area contributed by atoms with Gasteiger partial charge in [-0.2, -0.15) is 5.10 Å². The molecule has 1 unspecified atom stereocenters. The van der Waals surface area contributed by atoms with Crippen molar-refractivity contribution in [3.8, 4) is 5.75 Å². The van der Waals surface area contributed by atoms with E-state index in [0.717, 1.165) is 35.7 Å². The topological polar surface area (TPSA) is 85.1 Å². The Kier molecular flexibility index (Phi) is 7.59. The van der Waals surface area contributed by atoms with Crippen molar-refractivity contribution in [2.24, 2.45) is 10.2 Å². The molecule has 0 fully saturated rings. The monoisotopic (exact) mass is 438 g/mol. The first-order valence-electron chi connectivity index (χ1n) is 10.2. The van der Waals surface area contributed by atoms with Crippen LogP contribution < -0.4 is 15.4 Å². The van der Waals surface area contributed by atoms with Crippen molar-refractivity contribution in [3.05, 3.63) is 57.9 Å². The zero-order chi connectivity index (χ0) is 22.4. The van der Waals surface area contributed by atoms with Crippen LogP contribution in [0.1, 0.15) is 31.2 Å². The van der Waals surface area contributed by atoms with Gasteiger partial charge in [0.15, 0.2) is 5.84 Å². The number of thiophene rings is 1. The molecule has 0 aliphatic carbocycles. The maximum atomic E-state index is 8.61. The lowest BCUT2D eigenvalue weighted by molar-refractivity contribution is 0.200. The van der Waals surface area contributed by atoms with E-state index in [1.807, 2.05) is 59.3 Å². The largest absolute Gasteiger partial charge is 0.483 e. The van der Waals surface area contributed by atoms with Crippen LogP contribution in [0.5, 0.6) is 5.75 Å². The molecule has 0 bridgehead atoms. The van der Waals surface area contributed by atoms with Gasteiger partial charge in [0, 0.05) is 36.7 Å². The third kappa shape index (κ3) is 5.39. The number of nitrogens with zero attached hydrogens (tertiary/aromatic N) is 3. The summed E-state index contributed by atoms with van der Waals surface area (Å²) >= 11 is 1.70. The molecule has 7 nitrogen and oxygen atoms in total. The Bertz CT molecular complexity index is 1010. The molecular weight excluding hydrogens is 408 g/mol. The summed E-state index contributed by atoms with van der Waals surface area (Å²) in [6, 6.07) is 12.1. The summed E-state index contributed by atoms with van der Waals surface area (Å²) in [4.78, 5) is 3.00. The molecule has 1 aromatic carbocycles. The Morgan fingerprint density at radius 3 is 2.65 bits per heavy atom. The summed E-state index contributed by atoms with van der Waals surface area (Å²) in [7, 11) is 5.68. The van der Waals surface area contributed by atoms with E-state index in [9.17, 15) is 0 Å². The normalized spacial score (nSPS) is 16.4. The first kappa shape index (κ1) is 22.7. The summed E-state index contributed by atoms with van der Waals surface area (Å²) in [5.41, 5.74) is 3.50. The zero-order valence-electron chi connectivity index (χ0n) is 18.7. The van der Waals surface area contributed by atoms with Crippen LogP contribution in [0.2, 0.25) is 0 Å². The third-order valence-corrected chi connectivity index (χ3v) is 5.89. The summed E-state index contributed by atoms with van der Waals surface area (Å²) < 4.78 is 6.46. The molecule has 31 heavy (non-hydrogen) atoms. The fraction of sp³-hybridized carbons (Fsp3) is 0.348. The Morgan fingerprint density at radius 2 is 1.97 bits per heavy atom. The predicted molar refractivity (Wildman–Crippen MR) is 131 cm³/mol. The Morgan fingerprint density at radius 1 is 1.19 bits per heavy atom.